The lowest BCUT2D eigenvalue weighted by atomic mass is 10.1. The van der Waals surface area contributed by atoms with Crippen LogP contribution in [0.5, 0.6) is 0 Å². The zero-order valence-corrected chi connectivity index (χ0v) is 12.3. The predicted molar refractivity (Wildman–Crippen MR) is 80.6 cm³/mol. The molecule has 3 unspecified atom stereocenters. The number of hydrogen-bond donors (Lipinski definition) is 2. The molecule has 5 heteroatoms. The Kier molecular flexibility index (Phi) is 2.79. The van der Waals surface area contributed by atoms with Crippen LogP contribution in [-0.4, -0.2) is 28.8 Å². The van der Waals surface area contributed by atoms with Gasteiger partial charge in [0.05, 0.1) is 17.3 Å². The maximum Gasteiger partial charge on any atom is 0.224 e. The number of hydrogen-bond acceptors (Lipinski definition) is 3. The lowest BCUT2D eigenvalue weighted by Gasteiger charge is -2.13. The SMILES string of the molecule is CC(NC(=O)C1C2CNC[C@H]21)c1nn(C)c2ccccc12. The second-order valence-electron chi connectivity index (χ2n) is 6.27. The van der Waals surface area contributed by atoms with Crippen molar-refractivity contribution in [1.82, 2.24) is 20.4 Å². The average Bonchev–Trinajstić information content (AvgIpc) is 2.83. The lowest BCUT2D eigenvalue weighted by molar-refractivity contribution is -0.123. The van der Waals surface area contributed by atoms with E-state index in [9.17, 15) is 4.79 Å². The molecule has 1 saturated heterocycles. The summed E-state index contributed by atoms with van der Waals surface area (Å²) >= 11 is 0. The van der Waals surface area contributed by atoms with Gasteiger partial charge in [0.25, 0.3) is 0 Å². The Labute approximate surface area is 123 Å². The standard InChI is InChI=1S/C16H20N4O/c1-9(18-16(21)14-11-7-17-8-12(11)14)15-10-5-3-4-6-13(10)20(2)19-15/h3-6,9,11-12,14,17H,7-8H2,1-2H3,(H,18,21)/t9?,11-,12?,14?/m1/s1. The molecular formula is C16H20N4O. The van der Waals surface area contributed by atoms with Crippen molar-refractivity contribution in [3.05, 3.63) is 30.0 Å². The Morgan fingerprint density at radius 1 is 1.38 bits per heavy atom. The summed E-state index contributed by atoms with van der Waals surface area (Å²) in [4.78, 5) is 12.4. The van der Waals surface area contributed by atoms with Crippen LogP contribution >= 0.6 is 0 Å². The fourth-order valence-corrected chi connectivity index (χ4v) is 3.75. The molecule has 1 aromatic heterocycles. The number of piperidine rings is 1. The van der Waals surface area contributed by atoms with Gasteiger partial charge in [-0.25, -0.2) is 0 Å². The number of benzene rings is 1. The minimum atomic E-state index is -0.0575. The van der Waals surface area contributed by atoms with Crippen LogP contribution < -0.4 is 10.6 Å². The van der Waals surface area contributed by atoms with Crippen molar-refractivity contribution in [3.8, 4) is 0 Å². The van der Waals surface area contributed by atoms with Crippen LogP contribution in [0.1, 0.15) is 18.7 Å². The van der Waals surface area contributed by atoms with E-state index in [4.69, 9.17) is 0 Å². The largest absolute Gasteiger partial charge is 0.348 e. The Bertz CT molecular complexity index is 697. The molecule has 2 fully saturated rings. The first-order chi connectivity index (χ1) is 10.2. The second-order valence-corrected chi connectivity index (χ2v) is 6.27. The number of carbonyl (C=O) groups is 1. The van der Waals surface area contributed by atoms with Gasteiger partial charge in [0.1, 0.15) is 0 Å². The smallest absolute Gasteiger partial charge is 0.224 e. The first kappa shape index (κ1) is 12.8. The first-order valence-electron chi connectivity index (χ1n) is 7.59. The van der Waals surface area contributed by atoms with Gasteiger partial charge in [0.2, 0.25) is 5.91 Å². The third-order valence-corrected chi connectivity index (χ3v) is 4.95. The van der Waals surface area contributed by atoms with Crippen molar-refractivity contribution in [2.24, 2.45) is 24.8 Å². The molecular weight excluding hydrogens is 264 g/mol. The van der Waals surface area contributed by atoms with E-state index in [-0.39, 0.29) is 17.9 Å². The van der Waals surface area contributed by atoms with Gasteiger partial charge >= 0.3 is 0 Å². The Morgan fingerprint density at radius 3 is 2.86 bits per heavy atom. The van der Waals surface area contributed by atoms with Crippen molar-refractivity contribution in [2.75, 3.05) is 13.1 Å². The Balaban J connectivity index is 1.54. The minimum absolute atomic E-state index is 0.0575. The highest BCUT2D eigenvalue weighted by atomic mass is 16.2. The molecule has 110 valence electrons. The first-order valence-corrected chi connectivity index (χ1v) is 7.59. The van der Waals surface area contributed by atoms with E-state index in [2.05, 4.69) is 27.9 Å². The molecule has 1 aliphatic heterocycles. The number of nitrogens with one attached hydrogen (secondary N) is 2. The van der Waals surface area contributed by atoms with Crippen molar-refractivity contribution >= 4 is 16.8 Å². The number of aryl methyl sites for hydroxylation is 1. The molecule has 4 rings (SSSR count). The number of nitrogens with zero attached hydrogens (tertiary/aromatic N) is 2. The van der Waals surface area contributed by atoms with Crippen molar-refractivity contribution < 1.29 is 4.79 Å². The van der Waals surface area contributed by atoms with Crippen molar-refractivity contribution in [1.29, 1.82) is 0 Å². The van der Waals surface area contributed by atoms with E-state index in [0.29, 0.717) is 11.8 Å². The third kappa shape index (κ3) is 1.95. The molecule has 0 spiro atoms. The summed E-state index contributed by atoms with van der Waals surface area (Å²) in [5.74, 6) is 1.51. The molecule has 1 aliphatic carbocycles. The number of amides is 1. The van der Waals surface area contributed by atoms with Crippen LogP contribution in [0.3, 0.4) is 0 Å². The molecule has 2 heterocycles. The molecule has 0 radical (unpaired) electrons. The number of aromatic nitrogens is 2. The van der Waals surface area contributed by atoms with Crippen molar-refractivity contribution in [3.63, 3.8) is 0 Å². The van der Waals surface area contributed by atoms with Crippen LogP contribution in [0.4, 0.5) is 0 Å². The van der Waals surface area contributed by atoms with E-state index in [0.717, 1.165) is 29.7 Å². The molecule has 21 heavy (non-hydrogen) atoms. The highest BCUT2D eigenvalue weighted by Gasteiger charge is 2.56. The summed E-state index contributed by atoms with van der Waals surface area (Å²) in [5, 5.41) is 12.2. The molecule has 1 saturated carbocycles. The average molecular weight is 284 g/mol. The maximum absolute atomic E-state index is 12.4. The minimum Gasteiger partial charge on any atom is -0.348 e. The predicted octanol–water partition coefficient (Wildman–Crippen LogP) is 1.22. The molecule has 2 aliphatic rings. The summed E-state index contributed by atoms with van der Waals surface area (Å²) in [6, 6.07) is 8.08. The van der Waals surface area contributed by atoms with E-state index >= 15 is 0 Å². The van der Waals surface area contributed by atoms with E-state index in [1.165, 1.54) is 0 Å². The molecule has 4 atom stereocenters. The maximum atomic E-state index is 12.4. The van der Waals surface area contributed by atoms with Gasteiger partial charge < -0.3 is 10.6 Å². The summed E-state index contributed by atoms with van der Waals surface area (Å²) in [7, 11) is 1.94. The van der Waals surface area contributed by atoms with Crippen molar-refractivity contribution in [2.45, 2.75) is 13.0 Å². The number of fused-ring (bicyclic) bond motifs is 2. The molecule has 1 amide bonds. The van der Waals surface area contributed by atoms with Gasteiger partial charge in [-0.3, -0.25) is 9.48 Å². The molecule has 1 aromatic carbocycles. The Hall–Kier alpha value is -1.88. The summed E-state index contributed by atoms with van der Waals surface area (Å²) in [5.41, 5.74) is 2.05. The van der Waals surface area contributed by atoms with Gasteiger partial charge in [-0.05, 0) is 37.9 Å². The molecule has 5 nitrogen and oxygen atoms in total. The molecule has 2 N–H and O–H groups in total. The number of carbonyl (C=O) groups excluding carboxylic acids is 1. The fraction of sp³-hybridized carbons (Fsp3) is 0.500. The van der Waals surface area contributed by atoms with E-state index < -0.39 is 0 Å². The summed E-state index contributed by atoms with van der Waals surface area (Å²) < 4.78 is 1.88. The monoisotopic (exact) mass is 284 g/mol. The van der Waals surface area contributed by atoms with E-state index in [1.807, 2.05) is 30.8 Å². The molecule has 0 bridgehead atoms. The lowest BCUT2D eigenvalue weighted by Crippen LogP contribution is -2.32. The van der Waals surface area contributed by atoms with Crippen LogP contribution in [0.15, 0.2) is 24.3 Å². The van der Waals surface area contributed by atoms with Gasteiger partial charge in [-0.1, -0.05) is 18.2 Å². The summed E-state index contributed by atoms with van der Waals surface area (Å²) in [6.45, 7) is 4.00. The quantitative estimate of drug-likeness (QED) is 0.891. The fourth-order valence-electron chi connectivity index (χ4n) is 3.75. The van der Waals surface area contributed by atoms with Crippen LogP contribution in [0.25, 0.3) is 10.9 Å². The number of para-hydroxylation sites is 1. The highest BCUT2D eigenvalue weighted by Crippen LogP contribution is 2.48. The molecule has 2 aromatic rings. The van der Waals surface area contributed by atoms with Gasteiger partial charge in [-0.15, -0.1) is 0 Å². The second kappa shape index (κ2) is 4.56. The van der Waals surface area contributed by atoms with E-state index in [1.54, 1.807) is 0 Å². The topological polar surface area (TPSA) is 59.0 Å². The van der Waals surface area contributed by atoms with Crippen LogP contribution in [0.2, 0.25) is 0 Å². The van der Waals surface area contributed by atoms with Crippen LogP contribution in [0, 0.1) is 17.8 Å². The van der Waals surface area contributed by atoms with Gasteiger partial charge in [0, 0.05) is 18.4 Å². The Morgan fingerprint density at radius 2 is 2.10 bits per heavy atom. The van der Waals surface area contributed by atoms with Crippen LogP contribution in [-0.2, 0) is 11.8 Å². The van der Waals surface area contributed by atoms with Gasteiger partial charge in [0.15, 0.2) is 0 Å². The normalized spacial score (nSPS) is 28.4. The zero-order chi connectivity index (χ0) is 14.6. The van der Waals surface area contributed by atoms with Gasteiger partial charge in [-0.2, -0.15) is 5.10 Å². The summed E-state index contributed by atoms with van der Waals surface area (Å²) in [6.07, 6.45) is 0. The number of rotatable bonds is 3. The third-order valence-electron chi connectivity index (χ3n) is 4.95. The highest BCUT2D eigenvalue weighted by molar-refractivity contribution is 5.85. The zero-order valence-electron chi connectivity index (χ0n) is 12.3.